The number of carbonyl (C=O) groups is 2. The lowest BCUT2D eigenvalue weighted by Crippen LogP contribution is -2.05. The highest BCUT2D eigenvalue weighted by Gasteiger charge is 2.04. The first-order valence-corrected chi connectivity index (χ1v) is 12.9. The SMILES string of the molecule is C=C(C)C(=O)OCC/C=C/Oc1ccc(-c2ccc(-c3ccc(O/C=C/CCOC(=O)C(=C)C)cc3)cc2)cc1. The normalized spacial score (nSPS) is 10.8. The second-order valence-corrected chi connectivity index (χ2v) is 9.02. The van der Waals surface area contributed by atoms with E-state index in [1.165, 1.54) is 0 Å². The zero-order valence-corrected chi connectivity index (χ0v) is 22.9. The fourth-order valence-electron chi connectivity index (χ4n) is 3.38. The van der Waals surface area contributed by atoms with E-state index in [4.69, 9.17) is 18.9 Å². The van der Waals surface area contributed by atoms with Crippen molar-refractivity contribution in [3.05, 3.63) is 122 Å². The minimum absolute atomic E-state index is 0.285. The van der Waals surface area contributed by atoms with Crippen LogP contribution < -0.4 is 9.47 Å². The zero-order valence-electron chi connectivity index (χ0n) is 22.9. The fourth-order valence-corrected chi connectivity index (χ4v) is 3.38. The lowest BCUT2D eigenvalue weighted by Gasteiger charge is -2.07. The van der Waals surface area contributed by atoms with Crippen molar-refractivity contribution in [2.24, 2.45) is 0 Å². The first kappa shape index (κ1) is 29.7. The van der Waals surface area contributed by atoms with Crippen LogP contribution in [0, 0.1) is 0 Å². The first-order valence-electron chi connectivity index (χ1n) is 12.9. The molecule has 0 atom stereocenters. The van der Waals surface area contributed by atoms with E-state index in [2.05, 4.69) is 37.4 Å². The van der Waals surface area contributed by atoms with Gasteiger partial charge in [-0.05, 0) is 72.5 Å². The van der Waals surface area contributed by atoms with E-state index in [0.29, 0.717) is 24.0 Å². The minimum atomic E-state index is -0.386. The molecule has 40 heavy (non-hydrogen) atoms. The summed E-state index contributed by atoms with van der Waals surface area (Å²) in [6, 6.07) is 24.1. The van der Waals surface area contributed by atoms with Crippen LogP contribution in [0.2, 0.25) is 0 Å². The second-order valence-electron chi connectivity index (χ2n) is 9.02. The van der Waals surface area contributed by atoms with Crippen molar-refractivity contribution < 1.29 is 28.5 Å². The molecule has 6 heteroatoms. The Labute approximate surface area is 235 Å². The minimum Gasteiger partial charge on any atom is -0.465 e. The van der Waals surface area contributed by atoms with Crippen molar-refractivity contribution in [2.75, 3.05) is 13.2 Å². The summed E-state index contributed by atoms with van der Waals surface area (Å²) in [7, 11) is 0. The van der Waals surface area contributed by atoms with Gasteiger partial charge in [-0.2, -0.15) is 0 Å². The smallest absolute Gasteiger partial charge is 0.333 e. The highest BCUT2D eigenvalue weighted by molar-refractivity contribution is 5.87. The van der Waals surface area contributed by atoms with Crippen LogP contribution in [-0.4, -0.2) is 25.2 Å². The van der Waals surface area contributed by atoms with Crippen LogP contribution >= 0.6 is 0 Å². The summed E-state index contributed by atoms with van der Waals surface area (Å²) in [5.74, 6) is 0.671. The summed E-state index contributed by atoms with van der Waals surface area (Å²) in [5.41, 5.74) is 5.14. The van der Waals surface area contributed by atoms with Crippen LogP contribution in [0.3, 0.4) is 0 Å². The van der Waals surface area contributed by atoms with Crippen LogP contribution in [0.5, 0.6) is 11.5 Å². The molecule has 0 aliphatic rings. The number of hydrogen-bond donors (Lipinski definition) is 0. The number of esters is 2. The molecule has 0 radical (unpaired) electrons. The molecule has 0 fully saturated rings. The van der Waals surface area contributed by atoms with Crippen LogP contribution in [0.25, 0.3) is 22.3 Å². The summed E-state index contributed by atoms with van der Waals surface area (Å²) in [6.45, 7) is 10.9. The molecular formula is C34H34O6. The van der Waals surface area contributed by atoms with E-state index in [1.807, 2.05) is 48.5 Å². The highest BCUT2D eigenvalue weighted by Crippen LogP contribution is 2.27. The number of benzene rings is 3. The van der Waals surface area contributed by atoms with Gasteiger partial charge in [0.05, 0.1) is 25.7 Å². The zero-order chi connectivity index (χ0) is 28.7. The van der Waals surface area contributed by atoms with Gasteiger partial charge in [0, 0.05) is 24.0 Å². The van der Waals surface area contributed by atoms with Gasteiger partial charge in [-0.15, -0.1) is 0 Å². The molecule has 0 unspecified atom stereocenters. The Morgan fingerprint density at radius 3 is 1.18 bits per heavy atom. The summed E-state index contributed by atoms with van der Waals surface area (Å²) < 4.78 is 21.3. The molecular weight excluding hydrogens is 504 g/mol. The molecule has 0 saturated heterocycles. The van der Waals surface area contributed by atoms with Crippen molar-refractivity contribution in [3.8, 4) is 33.8 Å². The van der Waals surface area contributed by atoms with Crippen molar-refractivity contribution in [1.82, 2.24) is 0 Å². The van der Waals surface area contributed by atoms with Gasteiger partial charge in [-0.25, -0.2) is 9.59 Å². The molecule has 0 saturated carbocycles. The molecule has 6 nitrogen and oxygen atoms in total. The Morgan fingerprint density at radius 1 is 0.575 bits per heavy atom. The van der Waals surface area contributed by atoms with Gasteiger partial charge in [0.15, 0.2) is 0 Å². The molecule has 0 amide bonds. The second kappa shape index (κ2) is 15.5. The molecule has 206 valence electrons. The molecule has 3 aromatic carbocycles. The van der Waals surface area contributed by atoms with E-state index >= 15 is 0 Å². The van der Waals surface area contributed by atoms with Gasteiger partial charge in [-0.1, -0.05) is 61.7 Å². The summed E-state index contributed by atoms with van der Waals surface area (Å²) in [6.07, 6.45) is 7.92. The third-order valence-electron chi connectivity index (χ3n) is 5.59. The summed E-state index contributed by atoms with van der Waals surface area (Å²) in [4.78, 5) is 22.7. The molecule has 0 N–H and O–H groups in total. The van der Waals surface area contributed by atoms with E-state index in [-0.39, 0.29) is 25.2 Å². The standard InChI is InChI=1S/C34H34O6/c1-25(2)33(35)39-23-7-5-21-37-31-17-13-29(14-18-31)27-9-11-28(12-10-27)30-15-19-32(20-16-30)38-22-6-8-24-40-34(36)26(3)4/h5-6,9-22H,1,3,7-8,23-24H2,2,4H3/b21-5+,22-6+. The lowest BCUT2D eigenvalue weighted by molar-refractivity contribution is -0.139. The third kappa shape index (κ3) is 9.80. The number of carbonyl (C=O) groups excluding carboxylic acids is 2. The predicted molar refractivity (Wildman–Crippen MR) is 158 cm³/mol. The Balaban J connectivity index is 1.45. The maximum absolute atomic E-state index is 11.3. The van der Waals surface area contributed by atoms with Gasteiger partial charge in [0.2, 0.25) is 0 Å². The molecule has 0 heterocycles. The fraction of sp³-hybridized carbons (Fsp3) is 0.176. The molecule has 0 bridgehead atoms. The van der Waals surface area contributed by atoms with Crippen molar-refractivity contribution >= 4 is 11.9 Å². The molecule has 0 spiro atoms. The van der Waals surface area contributed by atoms with Gasteiger partial charge in [-0.3, -0.25) is 0 Å². The number of hydrogen-bond acceptors (Lipinski definition) is 6. The summed E-state index contributed by atoms with van der Waals surface area (Å²) in [5, 5.41) is 0. The average Bonchev–Trinajstić information content (AvgIpc) is 2.97. The largest absolute Gasteiger partial charge is 0.465 e. The van der Waals surface area contributed by atoms with Crippen LogP contribution in [0.1, 0.15) is 26.7 Å². The van der Waals surface area contributed by atoms with Crippen LogP contribution in [0.15, 0.2) is 122 Å². The third-order valence-corrected chi connectivity index (χ3v) is 5.59. The molecule has 0 aromatic heterocycles. The van der Waals surface area contributed by atoms with Gasteiger partial charge >= 0.3 is 11.9 Å². The number of ether oxygens (including phenoxy) is 4. The number of rotatable bonds is 14. The summed E-state index contributed by atoms with van der Waals surface area (Å²) >= 11 is 0. The molecule has 0 aliphatic carbocycles. The predicted octanol–water partition coefficient (Wildman–Crippen LogP) is 7.82. The maximum atomic E-state index is 11.3. The van der Waals surface area contributed by atoms with Gasteiger partial charge in [0.25, 0.3) is 0 Å². The lowest BCUT2D eigenvalue weighted by atomic mass is 10.0. The quantitative estimate of drug-likeness (QED) is 0.0902. The monoisotopic (exact) mass is 538 g/mol. The highest BCUT2D eigenvalue weighted by atomic mass is 16.5. The Bertz CT molecular complexity index is 1240. The van der Waals surface area contributed by atoms with E-state index < -0.39 is 0 Å². The molecule has 3 aromatic rings. The van der Waals surface area contributed by atoms with Crippen molar-refractivity contribution in [2.45, 2.75) is 26.7 Å². The van der Waals surface area contributed by atoms with Crippen molar-refractivity contribution in [3.63, 3.8) is 0 Å². The van der Waals surface area contributed by atoms with Gasteiger partial charge < -0.3 is 18.9 Å². The molecule has 0 aliphatic heterocycles. The van der Waals surface area contributed by atoms with E-state index in [1.54, 1.807) is 38.5 Å². The molecule has 3 rings (SSSR count). The van der Waals surface area contributed by atoms with Gasteiger partial charge in [0.1, 0.15) is 11.5 Å². The first-order chi connectivity index (χ1) is 19.3. The Kier molecular flexibility index (Phi) is 11.5. The Hall–Kier alpha value is -4.84. The maximum Gasteiger partial charge on any atom is 0.333 e. The van der Waals surface area contributed by atoms with E-state index in [0.717, 1.165) is 33.8 Å². The van der Waals surface area contributed by atoms with Crippen molar-refractivity contribution in [1.29, 1.82) is 0 Å². The average molecular weight is 539 g/mol. The Morgan fingerprint density at radius 2 is 0.875 bits per heavy atom. The van der Waals surface area contributed by atoms with E-state index in [9.17, 15) is 9.59 Å². The topological polar surface area (TPSA) is 71.1 Å². The van der Waals surface area contributed by atoms with Crippen LogP contribution in [-0.2, 0) is 19.1 Å². The van der Waals surface area contributed by atoms with Crippen LogP contribution in [0.4, 0.5) is 0 Å².